The van der Waals surface area contributed by atoms with Gasteiger partial charge in [-0.15, -0.1) is 0 Å². The number of hydrazine groups is 1. The fourth-order valence-electron chi connectivity index (χ4n) is 3.32. The summed E-state index contributed by atoms with van der Waals surface area (Å²) >= 11 is 3.45. The van der Waals surface area contributed by atoms with E-state index in [1.54, 1.807) is 24.3 Å². The molecule has 2 atom stereocenters. The molecule has 28 heavy (non-hydrogen) atoms. The number of nitrogens with zero attached hydrogens (tertiary/aromatic N) is 1. The second-order valence-corrected chi connectivity index (χ2v) is 7.41. The van der Waals surface area contributed by atoms with Gasteiger partial charge in [0.15, 0.2) is 0 Å². The number of amides is 2. The molecule has 2 N–H and O–H groups in total. The van der Waals surface area contributed by atoms with Gasteiger partial charge in [0.2, 0.25) is 0 Å². The van der Waals surface area contributed by atoms with Crippen molar-refractivity contribution in [1.29, 1.82) is 0 Å². The first kappa shape index (κ1) is 18.3. The first-order valence-corrected chi connectivity index (χ1v) is 9.69. The zero-order valence-electron chi connectivity index (χ0n) is 14.9. The molecule has 0 saturated carbocycles. The number of benzene rings is 3. The standard InChI is InChI=1S/C22H18BrN3O2/c23-17-13-11-15(12-14-17)20-19(24-21(27)16-7-3-1-4-8-16)22(28)25-26(20)18-9-5-2-6-10-18/h1-14,19-20H,(H,24,27)(H,25,28). The Morgan fingerprint density at radius 3 is 2.14 bits per heavy atom. The van der Waals surface area contributed by atoms with E-state index in [9.17, 15) is 9.59 Å². The maximum absolute atomic E-state index is 12.8. The van der Waals surface area contributed by atoms with Crippen LogP contribution in [0.4, 0.5) is 5.69 Å². The van der Waals surface area contributed by atoms with Crippen molar-refractivity contribution in [1.82, 2.24) is 10.7 Å². The van der Waals surface area contributed by atoms with E-state index >= 15 is 0 Å². The van der Waals surface area contributed by atoms with Gasteiger partial charge >= 0.3 is 0 Å². The summed E-state index contributed by atoms with van der Waals surface area (Å²) < 4.78 is 0.949. The van der Waals surface area contributed by atoms with E-state index in [2.05, 4.69) is 26.7 Å². The number of carbonyl (C=O) groups excluding carboxylic acids is 2. The van der Waals surface area contributed by atoms with E-state index in [-0.39, 0.29) is 17.9 Å². The maximum Gasteiger partial charge on any atom is 0.263 e. The summed E-state index contributed by atoms with van der Waals surface area (Å²) in [5.41, 5.74) is 5.19. The lowest BCUT2D eigenvalue weighted by Crippen LogP contribution is -2.43. The first-order chi connectivity index (χ1) is 13.6. The number of hydrogen-bond acceptors (Lipinski definition) is 3. The lowest BCUT2D eigenvalue weighted by molar-refractivity contribution is -0.120. The predicted octanol–water partition coefficient (Wildman–Crippen LogP) is 3.84. The van der Waals surface area contributed by atoms with E-state index in [0.29, 0.717) is 5.56 Å². The van der Waals surface area contributed by atoms with Crippen LogP contribution in [-0.2, 0) is 4.79 Å². The molecule has 1 aliphatic heterocycles. The molecule has 2 amide bonds. The van der Waals surface area contributed by atoms with Crippen molar-refractivity contribution < 1.29 is 9.59 Å². The summed E-state index contributed by atoms with van der Waals surface area (Å²) in [4.78, 5) is 25.5. The molecule has 3 aromatic rings. The van der Waals surface area contributed by atoms with Gasteiger partial charge in [0.25, 0.3) is 11.8 Å². The molecule has 1 fully saturated rings. The minimum Gasteiger partial charge on any atom is -0.338 e. The van der Waals surface area contributed by atoms with Crippen molar-refractivity contribution in [3.63, 3.8) is 0 Å². The van der Waals surface area contributed by atoms with Crippen LogP contribution in [0.1, 0.15) is 22.0 Å². The van der Waals surface area contributed by atoms with Gasteiger partial charge in [0.1, 0.15) is 12.1 Å². The van der Waals surface area contributed by atoms with Crippen LogP contribution in [0.2, 0.25) is 0 Å². The van der Waals surface area contributed by atoms with Gasteiger partial charge in [-0.05, 0) is 42.0 Å². The van der Waals surface area contributed by atoms with Crippen molar-refractivity contribution in [3.05, 3.63) is 101 Å². The van der Waals surface area contributed by atoms with E-state index < -0.39 is 6.04 Å². The number of carbonyl (C=O) groups is 2. The Morgan fingerprint density at radius 2 is 1.50 bits per heavy atom. The third-order valence-corrected chi connectivity index (χ3v) is 5.20. The summed E-state index contributed by atoms with van der Waals surface area (Å²) in [7, 11) is 0. The summed E-state index contributed by atoms with van der Waals surface area (Å²) in [6.45, 7) is 0. The van der Waals surface area contributed by atoms with Crippen LogP contribution >= 0.6 is 15.9 Å². The molecular weight excluding hydrogens is 418 g/mol. The second kappa shape index (κ2) is 7.86. The second-order valence-electron chi connectivity index (χ2n) is 6.50. The fourth-order valence-corrected chi connectivity index (χ4v) is 3.59. The Hall–Kier alpha value is -3.12. The third kappa shape index (κ3) is 3.64. The lowest BCUT2D eigenvalue weighted by Gasteiger charge is -2.28. The molecule has 0 aliphatic carbocycles. The quantitative estimate of drug-likeness (QED) is 0.654. The van der Waals surface area contributed by atoms with E-state index in [1.165, 1.54) is 0 Å². The van der Waals surface area contributed by atoms with Crippen LogP contribution in [0.15, 0.2) is 89.4 Å². The number of rotatable bonds is 4. The highest BCUT2D eigenvalue weighted by Gasteiger charge is 2.43. The normalized spacial score (nSPS) is 18.6. The molecule has 2 unspecified atom stereocenters. The lowest BCUT2D eigenvalue weighted by atomic mass is 9.99. The van der Waals surface area contributed by atoms with Gasteiger partial charge in [-0.1, -0.05) is 64.5 Å². The van der Waals surface area contributed by atoms with Crippen molar-refractivity contribution in [2.75, 3.05) is 5.01 Å². The monoisotopic (exact) mass is 435 g/mol. The fraction of sp³-hybridized carbons (Fsp3) is 0.0909. The minimum atomic E-state index is -0.728. The Bertz CT molecular complexity index is 978. The average molecular weight is 436 g/mol. The highest BCUT2D eigenvalue weighted by Crippen LogP contribution is 2.33. The van der Waals surface area contributed by atoms with Gasteiger partial charge in [-0.2, -0.15) is 0 Å². The van der Waals surface area contributed by atoms with Crippen molar-refractivity contribution >= 4 is 33.4 Å². The number of hydrogen-bond donors (Lipinski definition) is 2. The van der Waals surface area contributed by atoms with Gasteiger partial charge in [-0.25, -0.2) is 0 Å². The van der Waals surface area contributed by atoms with Crippen LogP contribution in [0.5, 0.6) is 0 Å². The number of anilines is 1. The summed E-state index contributed by atoms with van der Waals surface area (Å²) in [6, 6.07) is 25.1. The minimum absolute atomic E-state index is 0.249. The number of halogens is 1. The van der Waals surface area contributed by atoms with Crippen LogP contribution in [0.25, 0.3) is 0 Å². The zero-order chi connectivity index (χ0) is 19.5. The molecule has 0 aromatic heterocycles. The number of para-hydroxylation sites is 1. The Balaban J connectivity index is 1.70. The SMILES string of the molecule is O=C(NC1C(=O)NN(c2ccccc2)C1c1ccc(Br)cc1)c1ccccc1. The van der Waals surface area contributed by atoms with Gasteiger partial charge < -0.3 is 5.32 Å². The highest BCUT2D eigenvalue weighted by atomic mass is 79.9. The van der Waals surface area contributed by atoms with Gasteiger partial charge in [-0.3, -0.25) is 20.0 Å². The maximum atomic E-state index is 12.8. The molecule has 140 valence electrons. The smallest absolute Gasteiger partial charge is 0.263 e. The number of nitrogens with one attached hydrogen (secondary N) is 2. The molecule has 1 heterocycles. The van der Waals surface area contributed by atoms with Crippen LogP contribution in [0.3, 0.4) is 0 Å². The highest BCUT2D eigenvalue weighted by molar-refractivity contribution is 9.10. The van der Waals surface area contributed by atoms with Crippen molar-refractivity contribution in [2.24, 2.45) is 0 Å². The molecule has 4 rings (SSSR count). The Labute approximate surface area is 171 Å². The molecule has 0 radical (unpaired) electrons. The summed E-state index contributed by atoms with van der Waals surface area (Å²) in [6.07, 6.45) is 0. The third-order valence-electron chi connectivity index (χ3n) is 4.68. The Kier molecular flexibility index (Phi) is 5.12. The molecule has 0 bridgehead atoms. The molecular formula is C22H18BrN3O2. The molecule has 1 saturated heterocycles. The topological polar surface area (TPSA) is 61.4 Å². The molecule has 0 spiro atoms. The van der Waals surface area contributed by atoms with E-state index in [1.807, 2.05) is 65.7 Å². The molecule has 1 aliphatic rings. The largest absolute Gasteiger partial charge is 0.338 e. The first-order valence-electron chi connectivity index (χ1n) is 8.89. The summed E-state index contributed by atoms with van der Waals surface area (Å²) in [5, 5.41) is 4.71. The van der Waals surface area contributed by atoms with Crippen LogP contribution in [0, 0.1) is 0 Å². The molecule has 6 heteroatoms. The van der Waals surface area contributed by atoms with Crippen LogP contribution in [-0.4, -0.2) is 17.9 Å². The van der Waals surface area contributed by atoms with Crippen molar-refractivity contribution in [3.8, 4) is 0 Å². The van der Waals surface area contributed by atoms with Crippen molar-refractivity contribution in [2.45, 2.75) is 12.1 Å². The average Bonchev–Trinajstić information content (AvgIpc) is 3.06. The summed E-state index contributed by atoms with van der Waals surface area (Å²) in [5.74, 6) is -0.529. The predicted molar refractivity (Wildman–Crippen MR) is 112 cm³/mol. The van der Waals surface area contributed by atoms with Gasteiger partial charge in [0.05, 0.1) is 5.69 Å². The zero-order valence-corrected chi connectivity index (χ0v) is 16.5. The Morgan fingerprint density at radius 1 is 0.893 bits per heavy atom. The van der Waals surface area contributed by atoms with E-state index in [4.69, 9.17) is 0 Å². The van der Waals surface area contributed by atoms with Crippen LogP contribution < -0.4 is 15.8 Å². The van der Waals surface area contributed by atoms with E-state index in [0.717, 1.165) is 15.7 Å². The molecule has 5 nitrogen and oxygen atoms in total. The van der Waals surface area contributed by atoms with Gasteiger partial charge in [0, 0.05) is 10.0 Å². The molecule has 3 aromatic carbocycles.